The normalized spacial score (nSPS) is 18.1. The number of hydrogen-bond acceptors (Lipinski definition) is 2. The number of anilines is 1. The van der Waals surface area contributed by atoms with Crippen molar-refractivity contribution in [1.82, 2.24) is 9.88 Å². The number of benzene rings is 2. The maximum Gasteiger partial charge on any atom is 0.224 e. The summed E-state index contributed by atoms with van der Waals surface area (Å²) in [6.07, 6.45) is 13.5. The van der Waals surface area contributed by atoms with Crippen LogP contribution in [0.4, 0.5) is 10.1 Å². The van der Waals surface area contributed by atoms with Crippen molar-refractivity contribution in [3.63, 3.8) is 0 Å². The van der Waals surface area contributed by atoms with Gasteiger partial charge in [-0.3, -0.25) is 4.79 Å². The largest absolute Gasteiger partial charge is 0.361 e. The number of aromatic amines is 1. The highest BCUT2D eigenvalue weighted by molar-refractivity contribution is 5.90. The molecule has 0 bridgehead atoms. The number of carbonyl (C=O) groups excluding carboxylic acids is 1. The maximum atomic E-state index is 13.8. The number of H-pyrrole nitrogens is 1. The predicted octanol–water partition coefficient (Wildman–Crippen LogP) is 7.34. The predicted molar refractivity (Wildman–Crippen MR) is 146 cm³/mol. The van der Waals surface area contributed by atoms with Gasteiger partial charge in [-0.15, -0.1) is 0 Å². The van der Waals surface area contributed by atoms with Gasteiger partial charge in [0, 0.05) is 35.8 Å². The molecule has 5 rings (SSSR count). The van der Waals surface area contributed by atoms with Crippen LogP contribution in [0.3, 0.4) is 0 Å². The van der Waals surface area contributed by atoms with E-state index in [2.05, 4.69) is 40.5 Å². The Bertz CT molecular complexity index is 1170. The summed E-state index contributed by atoms with van der Waals surface area (Å²) < 4.78 is 13.8. The summed E-state index contributed by atoms with van der Waals surface area (Å²) in [5, 5.41) is 4.17. The number of likely N-dealkylation sites (tertiary alicyclic amines) is 1. The number of hydrogen-bond donors (Lipinski definition) is 2. The highest BCUT2D eigenvalue weighted by atomic mass is 19.1. The highest BCUT2D eigenvalue weighted by Gasteiger charge is 2.23. The molecule has 0 radical (unpaired) electrons. The van der Waals surface area contributed by atoms with Gasteiger partial charge in [0.2, 0.25) is 5.91 Å². The van der Waals surface area contributed by atoms with Gasteiger partial charge in [0.15, 0.2) is 0 Å². The minimum atomic E-state index is -0.168. The van der Waals surface area contributed by atoms with Gasteiger partial charge in [0.25, 0.3) is 0 Å². The third-order valence-corrected chi connectivity index (χ3v) is 8.54. The summed E-state index contributed by atoms with van der Waals surface area (Å²) in [5.74, 6) is 1.19. The molecule has 0 unspecified atom stereocenters. The molecule has 1 saturated carbocycles. The Balaban J connectivity index is 1.10. The number of amides is 1. The van der Waals surface area contributed by atoms with E-state index in [-0.39, 0.29) is 11.7 Å². The van der Waals surface area contributed by atoms with Crippen LogP contribution in [0.1, 0.15) is 80.4 Å². The molecule has 0 spiro atoms. The minimum absolute atomic E-state index is 0.148. The molecule has 1 saturated heterocycles. The molecule has 1 amide bonds. The van der Waals surface area contributed by atoms with Gasteiger partial charge in [-0.05, 0) is 105 Å². The number of piperidine rings is 1. The fraction of sp³-hybridized carbons (Fsp3) is 0.516. The van der Waals surface area contributed by atoms with Crippen molar-refractivity contribution in [3.8, 4) is 0 Å². The molecule has 5 heteroatoms. The van der Waals surface area contributed by atoms with E-state index in [1.807, 2.05) is 12.1 Å². The van der Waals surface area contributed by atoms with Gasteiger partial charge in [0.05, 0.1) is 0 Å². The summed E-state index contributed by atoms with van der Waals surface area (Å²) in [5.41, 5.74) is 5.80. The van der Waals surface area contributed by atoms with Gasteiger partial charge in [-0.2, -0.15) is 0 Å². The summed E-state index contributed by atoms with van der Waals surface area (Å²) in [6.45, 7) is 5.30. The molecule has 1 aromatic heterocycles. The summed E-state index contributed by atoms with van der Waals surface area (Å²) in [7, 11) is 0. The number of carbonyl (C=O) groups is 1. The second kappa shape index (κ2) is 11.6. The minimum Gasteiger partial charge on any atom is -0.361 e. The van der Waals surface area contributed by atoms with Crippen LogP contribution in [0.15, 0.2) is 42.6 Å². The highest BCUT2D eigenvalue weighted by Crippen LogP contribution is 2.33. The third kappa shape index (κ3) is 6.18. The number of halogens is 1. The van der Waals surface area contributed by atoms with Gasteiger partial charge in [-0.25, -0.2) is 4.39 Å². The van der Waals surface area contributed by atoms with Crippen molar-refractivity contribution >= 4 is 22.5 Å². The van der Waals surface area contributed by atoms with E-state index >= 15 is 0 Å². The molecule has 4 nitrogen and oxygen atoms in total. The first-order valence-electron chi connectivity index (χ1n) is 13.9. The topological polar surface area (TPSA) is 48.1 Å². The zero-order valence-corrected chi connectivity index (χ0v) is 21.6. The first-order chi connectivity index (χ1) is 17.5. The lowest BCUT2D eigenvalue weighted by molar-refractivity contribution is -0.116. The molecular formula is C31H40FN3O. The number of aryl methyl sites for hydroxylation is 1. The molecule has 2 N–H and O–H groups in total. The average molecular weight is 490 g/mol. The van der Waals surface area contributed by atoms with E-state index in [4.69, 9.17) is 0 Å². The molecule has 3 aromatic rings. The van der Waals surface area contributed by atoms with Crippen LogP contribution >= 0.6 is 0 Å². The molecule has 2 aliphatic rings. The van der Waals surface area contributed by atoms with Crippen molar-refractivity contribution < 1.29 is 9.18 Å². The molecule has 0 atom stereocenters. The van der Waals surface area contributed by atoms with Crippen molar-refractivity contribution in [1.29, 1.82) is 0 Å². The van der Waals surface area contributed by atoms with Crippen LogP contribution in [0, 0.1) is 18.7 Å². The molecular weight excluding hydrogens is 449 g/mol. The van der Waals surface area contributed by atoms with E-state index in [1.165, 1.54) is 54.9 Å². The van der Waals surface area contributed by atoms with Crippen LogP contribution in [0.25, 0.3) is 10.9 Å². The first kappa shape index (κ1) is 25.0. The molecule has 2 heterocycles. The van der Waals surface area contributed by atoms with E-state index in [9.17, 15) is 9.18 Å². The lowest BCUT2D eigenvalue weighted by Gasteiger charge is -2.32. The Morgan fingerprint density at radius 3 is 2.67 bits per heavy atom. The quantitative estimate of drug-likeness (QED) is 0.348. The third-order valence-electron chi connectivity index (χ3n) is 8.54. The van der Waals surface area contributed by atoms with Crippen LogP contribution < -0.4 is 5.32 Å². The fourth-order valence-corrected chi connectivity index (χ4v) is 6.25. The monoisotopic (exact) mass is 489 g/mol. The summed E-state index contributed by atoms with van der Waals surface area (Å²) >= 11 is 0. The number of rotatable bonds is 8. The Hall–Kier alpha value is -2.66. The Morgan fingerprint density at radius 2 is 1.86 bits per heavy atom. The lowest BCUT2D eigenvalue weighted by Crippen LogP contribution is -2.34. The zero-order valence-electron chi connectivity index (χ0n) is 21.6. The van der Waals surface area contributed by atoms with Gasteiger partial charge < -0.3 is 15.2 Å². The second-order valence-corrected chi connectivity index (χ2v) is 11.0. The van der Waals surface area contributed by atoms with E-state index < -0.39 is 0 Å². The van der Waals surface area contributed by atoms with Gasteiger partial charge in [-0.1, -0.05) is 38.2 Å². The maximum absolute atomic E-state index is 13.8. The molecule has 2 fully saturated rings. The Labute approximate surface area is 214 Å². The van der Waals surface area contributed by atoms with Crippen LogP contribution in [0.5, 0.6) is 0 Å². The van der Waals surface area contributed by atoms with Crippen molar-refractivity contribution in [2.45, 2.75) is 77.0 Å². The van der Waals surface area contributed by atoms with Crippen molar-refractivity contribution in [3.05, 3.63) is 65.1 Å². The number of aromatic nitrogens is 1. The Kier molecular flexibility index (Phi) is 8.05. The zero-order chi connectivity index (χ0) is 24.9. The standard InChI is InChI=1S/C31H40FN3O/c1-22-7-10-27(34-31(36)12-8-23-5-3-2-4-6-23)19-25(22)15-18-35-16-13-24(14-17-35)29-21-33-30-11-9-26(32)20-28(29)30/h7,9-11,19-21,23-24,33H,2-6,8,12-18H2,1H3,(H,34,36). The average Bonchev–Trinajstić information content (AvgIpc) is 3.32. The fourth-order valence-electron chi connectivity index (χ4n) is 6.25. The Morgan fingerprint density at radius 1 is 1.06 bits per heavy atom. The second-order valence-electron chi connectivity index (χ2n) is 11.0. The summed E-state index contributed by atoms with van der Waals surface area (Å²) in [6, 6.07) is 11.4. The van der Waals surface area contributed by atoms with E-state index in [0.717, 1.165) is 67.8 Å². The van der Waals surface area contributed by atoms with Gasteiger partial charge in [0.1, 0.15) is 5.82 Å². The molecule has 1 aliphatic carbocycles. The number of nitrogens with one attached hydrogen (secondary N) is 2. The first-order valence-corrected chi connectivity index (χ1v) is 13.9. The number of nitrogens with zero attached hydrogens (tertiary/aromatic N) is 1. The van der Waals surface area contributed by atoms with Crippen LogP contribution in [0.2, 0.25) is 0 Å². The molecule has 36 heavy (non-hydrogen) atoms. The molecule has 1 aliphatic heterocycles. The van der Waals surface area contributed by atoms with Gasteiger partial charge >= 0.3 is 0 Å². The van der Waals surface area contributed by atoms with E-state index in [1.54, 1.807) is 6.07 Å². The van der Waals surface area contributed by atoms with Crippen molar-refractivity contribution in [2.24, 2.45) is 5.92 Å². The molecule has 2 aromatic carbocycles. The lowest BCUT2D eigenvalue weighted by atomic mass is 9.86. The SMILES string of the molecule is Cc1ccc(NC(=O)CCC2CCCCC2)cc1CCN1CCC(c2c[nH]c3ccc(F)cc23)CC1. The van der Waals surface area contributed by atoms with Crippen LogP contribution in [-0.2, 0) is 11.2 Å². The van der Waals surface area contributed by atoms with E-state index in [0.29, 0.717) is 12.3 Å². The van der Waals surface area contributed by atoms with Crippen molar-refractivity contribution in [2.75, 3.05) is 25.0 Å². The van der Waals surface area contributed by atoms with Crippen LogP contribution in [-0.4, -0.2) is 35.4 Å². The smallest absolute Gasteiger partial charge is 0.224 e. The molecule has 192 valence electrons. The number of fused-ring (bicyclic) bond motifs is 1. The summed E-state index contributed by atoms with van der Waals surface area (Å²) in [4.78, 5) is 18.4.